The predicted octanol–water partition coefficient (Wildman–Crippen LogP) is 5.64. The zero-order chi connectivity index (χ0) is 23.7. The monoisotopic (exact) mass is 480 g/mol. The molecule has 33 heavy (non-hydrogen) atoms. The van der Waals surface area contributed by atoms with Gasteiger partial charge in [0.05, 0.1) is 26.7 Å². The van der Waals surface area contributed by atoms with Crippen LogP contribution in [0.4, 0.5) is 11.4 Å². The highest BCUT2D eigenvalue weighted by Crippen LogP contribution is 2.50. The van der Waals surface area contributed by atoms with Gasteiger partial charge in [-0.25, -0.2) is 0 Å². The molecule has 2 heterocycles. The second-order valence-corrected chi connectivity index (χ2v) is 10.5. The zero-order valence-corrected chi connectivity index (χ0v) is 20.1. The molecule has 1 aromatic carbocycles. The molecule has 2 aliphatic rings. The summed E-state index contributed by atoms with van der Waals surface area (Å²) in [5.74, 6) is 0.443. The molecule has 7 nitrogen and oxygen atoms in total. The van der Waals surface area contributed by atoms with Gasteiger partial charge in [-0.3, -0.25) is 19.8 Å². The van der Waals surface area contributed by atoms with Crippen molar-refractivity contribution in [2.45, 2.75) is 49.7 Å². The van der Waals surface area contributed by atoms with E-state index in [4.69, 9.17) is 5.73 Å². The number of nitro benzene ring substituents is 1. The number of nitrogens with two attached hydrogens (primary N) is 1. The molecule has 170 valence electrons. The van der Waals surface area contributed by atoms with Crippen molar-refractivity contribution in [2.75, 3.05) is 10.7 Å². The lowest BCUT2D eigenvalue weighted by atomic mass is 9.76. The van der Waals surface area contributed by atoms with Gasteiger partial charge in [0.1, 0.15) is 11.5 Å². The first kappa shape index (κ1) is 23.1. The molecule has 0 saturated heterocycles. The molecule has 1 atom stereocenters. The first-order valence-corrected chi connectivity index (χ1v) is 12.7. The van der Waals surface area contributed by atoms with E-state index in [1.54, 1.807) is 46.2 Å². The summed E-state index contributed by atoms with van der Waals surface area (Å²) in [7, 11) is 0. The number of Topliss-reactive ketones (excluding diaryl/α,β-unsaturated/α-hetero) is 1. The fraction of sp³-hybridized carbons (Fsp3) is 0.333. The van der Waals surface area contributed by atoms with Gasteiger partial charge in [0.2, 0.25) is 0 Å². The van der Waals surface area contributed by atoms with Gasteiger partial charge in [-0.15, -0.1) is 23.1 Å². The summed E-state index contributed by atoms with van der Waals surface area (Å²) in [6.45, 7) is 4.15. The number of carbonyl (C=O) groups excluding carboxylic acids is 1. The Bertz CT molecular complexity index is 1240. The first-order valence-electron chi connectivity index (χ1n) is 10.9. The van der Waals surface area contributed by atoms with Crippen LogP contribution in [0, 0.1) is 21.4 Å². The minimum absolute atomic E-state index is 0.0261. The smallest absolute Gasteiger partial charge is 0.293 e. The van der Waals surface area contributed by atoms with Crippen molar-refractivity contribution in [3.8, 4) is 6.07 Å². The van der Waals surface area contributed by atoms with Gasteiger partial charge in [0.25, 0.3) is 5.69 Å². The number of nitriles is 1. The average Bonchev–Trinajstić information content (AvgIpc) is 3.21. The highest BCUT2D eigenvalue weighted by Gasteiger charge is 2.42. The van der Waals surface area contributed by atoms with Crippen LogP contribution in [0.1, 0.15) is 49.5 Å². The molecule has 0 spiro atoms. The maximum Gasteiger partial charge on any atom is 0.293 e. The summed E-state index contributed by atoms with van der Waals surface area (Å²) in [6, 6.07) is 10.7. The van der Waals surface area contributed by atoms with Crippen molar-refractivity contribution >= 4 is 40.3 Å². The standard InChI is InChI=1S/C24H24N4O3S2/c1-3-14-12-15(24(33-14)32-4-2)21-16(13-25)23(26)27(19-10-7-11-20(29)22(19)21)17-8-5-6-9-18(17)28(30)31/h5-6,8-9,12,21H,3-4,7,10-11,26H2,1-2H3/t21-/m0/s1. The molecule has 1 aliphatic carbocycles. The van der Waals surface area contributed by atoms with E-state index in [2.05, 4.69) is 26.0 Å². The van der Waals surface area contributed by atoms with Crippen molar-refractivity contribution in [1.82, 2.24) is 0 Å². The second kappa shape index (κ2) is 9.41. The molecule has 0 amide bonds. The van der Waals surface area contributed by atoms with E-state index in [1.807, 2.05) is 0 Å². The van der Waals surface area contributed by atoms with Gasteiger partial charge < -0.3 is 5.73 Å². The van der Waals surface area contributed by atoms with Crippen molar-refractivity contribution in [3.05, 3.63) is 73.6 Å². The largest absolute Gasteiger partial charge is 0.384 e. The molecule has 1 aromatic heterocycles. The summed E-state index contributed by atoms with van der Waals surface area (Å²) >= 11 is 3.39. The van der Waals surface area contributed by atoms with E-state index < -0.39 is 10.8 Å². The third kappa shape index (κ3) is 3.94. The van der Waals surface area contributed by atoms with Crippen molar-refractivity contribution < 1.29 is 9.72 Å². The first-order chi connectivity index (χ1) is 15.9. The number of allylic oxidation sites excluding steroid dienone is 3. The number of thiophene rings is 1. The summed E-state index contributed by atoms with van der Waals surface area (Å²) in [5.41, 5.74) is 9.16. The zero-order valence-electron chi connectivity index (χ0n) is 18.5. The molecule has 0 radical (unpaired) electrons. The molecular formula is C24H24N4O3S2. The number of nitro groups is 1. The molecular weight excluding hydrogens is 456 g/mol. The predicted molar refractivity (Wildman–Crippen MR) is 131 cm³/mol. The number of anilines is 1. The van der Waals surface area contributed by atoms with Crippen molar-refractivity contribution in [2.24, 2.45) is 5.73 Å². The lowest BCUT2D eigenvalue weighted by Crippen LogP contribution is -2.39. The molecule has 0 saturated carbocycles. The molecule has 1 aliphatic heterocycles. The summed E-state index contributed by atoms with van der Waals surface area (Å²) in [5, 5.41) is 22.0. The fourth-order valence-corrected chi connectivity index (χ4v) is 6.92. The normalized spacial score (nSPS) is 18.4. The van der Waals surface area contributed by atoms with E-state index in [0.717, 1.165) is 21.9 Å². The Morgan fingerprint density at radius 1 is 1.33 bits per heavy atom. The summed E-state index contributed by atoms with van der Waals surface area (Å²) in [6.07, 6.45) is 2.44. The quantitative estimate of drug-likeness (QED) is 0.323. The number of rotatable bonds is 6. The van der Waals surface area contributed by atoms with Gasteiger partial charge in [-0.05, 0) is 42.7 Å². The maximum absolute atomic E-state index is 13.3. The Balaban J connectivity index is 2.01. The van der Waals surface area contributed by atoms with E-state index >= 15 is 0 Å². The molecule has 0 fully saturated rings. The van der Waals surface area contributed by atoms with Crippen LogP contribution in [0.2, 0.25) is 0 Å². The number of hydrogen-bond acceptors (Lipinski definition) is 8. The lowest BCUT2D eigenvalue weighted by molar-refractivity contribution is -0.384. The molecule has 0 unspecified atom stereocenters. The van der Waals surface area contributed by atoms with Crippen LogP contribution in [0.15, 0.2) is 57.2 Å². The highest BCUT2D eigenvalue weighted by molar-refractivity contribution is 8.01. The number of aryl methyl sites for hydroxylation is 1. The molecule has 2 N–H and O–H groups in total. The Kier molecular flexibility index (Phi) is 6.58. The minimum Gasteiger partial charge on any atom is -0.384 e. The SMILES string of the molecule is CCSc1sc(CC)cc1[C@H]1C(C#N)=C(N)N(c2ccccc2[N+](=O)[O-])C2=C1C(=O)CCC2. The molecule has 4 rings (SSSR count). The van der Waals surface area contributed by atoms with Crippen LogP contribution in [0.25, 0.3) is 0 Å². The number of ketones is 1. The van der Waals surface area contributed by atoms with Crippen LogP contribution >= 0.6 is 23.1 Å². The maximum atomic E-state index is 13.3. The van der Waals surface area contributed by atoms with Gasteiger partial charge >= 0.3 is 0 Å². The topological polar surface area (TPSA) is 113 Å². The number of nitrogens with zero attached hydrogens (tertiary/aromatic N) is 3. The van der Waals surface area contributed by atoms with Gasteiger partial charge in [0.15, 0.2) is 5.78 Å². The number of benzene rings is 1. The van der Waals surface area contributed by atoms with Gasteiger partial charge in [-0.1, -0.05) is 26.0 Å². The Hall–Kier alpha value is -3.09. The number of para-hydroxylation sites is 2. The fourth-order valence-electron chi connectivity index (χ4n) is 4.54. The Morgan fingerprint density at radius 2 is 2.09 bits per heavy atom. The number of carbonyl (C=O) groups is 1. The van der Waals surface area contributed by atoms with Gasteiger partial charge in [0, 0.05) is 28.6 Å². The van der Waals surface area contributed by atoms with E-state index in [1.165, 1.54) is 10.9 Å². The number of hydrogen-bond donors (Lipinski definition) is 1. The second-order valence-electron chi connectivity index (χ2n) is 7.80. The lowest BCUT2D eigenvalue weighted by Gasteiger charge is -2.39. The summed E-state index contributed by atoms with van der Waals surface area (Å²) < 4.78 is 1.09. The third-order valence-corrected chi connectivity index (χ3v) is 8.42. The van der Waals surface area contributed by atoms with E-state index in [-0.39, 0.29) is 28.6 Å². The van der Waals surface area contributed by atoms with Crippen LogP contribution in [-0.2, 0) is 11.2 Å². The average molecular weight is 481 g/mol. The molecule has 9 heteroatoms. The third-order valence-electron chi connectivity index (χ3n) is 5.94. The minimum atomic E-state index is -0.553. The number of thioether (sulfide) groups is 1. The summed E-state index contributed by atoms with van der Waals surface area (Å²) in [4.78, 5) is 27.4. The van der Waals surface area contributed by atoms with Gasteiger partial charge in [-0.2, -0.15) is 5.26 Å². The van der Waals surface area contributed by atoms with E-state index in [9.17, 15) is 20.2 Å². The van der Waals surface area contributed by atoms with Crippen molar-refractivity contribution in [3.63, 3.8) is 0 Å². The van der Waals surface area contributed by atoms with E-state index in [0.29, 0.717) is 30.5 Å². The Morgan fingerprint density at radius 3 is 2.76 bits per heavy atom. The van der Waals surface area contributed by atoms with Crippen LogP contribution in [0.3, 0.4) is 0 Å². The highest BCUT2D eigenvalue weighted by atomic mass is 32.2. The Labute approximate surface area is 200 Å². The van der Waals surface area contributed by atoms with Crippen LogP contribution in [-0.4, -0.2) is 16.5 Å². The molecule has 0 bridgehead atoms. The molecule has 2 aromatic rings. The van der Waals surface area contributed by atoms with Crippen LogP contribution in [0.5, 0.6) is 0 Å². The van der Waals surface area contributed by atoms with Crippen molar-refractivity contribution in [1.29, 1.82) is 5.26 Å². The van der Waals surface area contributed by atoms with Crippen LogP contribution < -0.4 is 10.6 Å².